The van der Waals surface area contributed by atoms with Crippen molar-refractivity contribution in [2.45, 2.75) is 0 Å². The van der Waals surface area contributed by atoms with E-state index in [4.69, 9.17) is 9.15 Å². The van der Waals surface area contributed by atoms with Crippen LogP contribution < -0.4 is 10.1 Å². The molecule has 0 aliphatic rings. The Balaban J connectivity index is 1.49. The van der Waals surface area contributed by atoms with E-state index in [9.17, 15) is 4.79 Å². The predicted octanol–water partition coefficient (Wildman–Crippen LogP) is 5.24. The number of H-pyrrole nitrogens is 1. The molecule has 0 bridgehead atoms. The third-order valence-electron chi connectivity index (χ3n) is 4.76. The molecule has 6 heteroatoms. The number of aromatic nitrogens is 2. The highest BCUT2D eigenvalue weighted by atomic mass is 16.5. The average Bonchev–Trinajstić information content (AvgIpc) is 3.38. The van der Waals surface area contributed by atoms with E-state index in [1.54, 1.807) is 19.2 Å². The van der Waals surface area contributed by atoms with Crippen molar-refractivity contribution in [2.75, 3.05) is 12.4 Å². The lowest BCUT2D eigenvalue weighted by atomic mass is 10.1. The van der Waals surface area contributed by atoms with Gasteiger partial charge in [0.05, 0.1) is 23.8 Å². The maximum absolute atomic E-state index is 12.8. The fourth-order valence-electron chi connectivity index (χ4n) is 3.32. The molecular formula is C23H17N3O3. The van der Waals surface area contributed by atoms with Crippen LogP contribution in [0.15, 0.2) is 77.2 Å². The molecule has 6 nitrogen and oxygen atoms in total. The Morgan fingerprint density at radius 3 is 2.69 bits per heavy atom. The van der Waals surface area contributed by atoms with Gasteiger partial charge in [-0.25, -0.2) is 4.98 Å². The van der Waals surface area contributed by atoms with Crippen molar-refractivity contribution in [1.82, 2.24) is 9.97 Å². The number of nitrogens with zero attached hydrogens (tertiary/aromatic N) is 1. The van der Waals surface area contributed by atoms with Gasteiger partial charge < -0.3 is 19.5 Å². The van der Waals surface area contributed by atoms with Crippen LogP contribution in [-0.2, 0) is 0 Å². The number of aromatic amines is 1. The zero-order valence-electron chi connectivity index (χ0n) is 15.6. The summed E-state index contributed by atoms with van der Waals surface area (Å²) >= 11 is 0. The Labute approximate surface area is 166 Å². The first-order valence-corrected chi connectivity index (χ1v) is 9.14. The van der Waals surface area contributed by atoms with Crippen molar-refractivity contribution < 1.29 is 13.9 Å². The van der Waals surface area contributed by atoms with Crippen LogP contribution in [0.4, 0.5) is 5.69 Å². The van der Waals surface area contributed by atoms with Gasteiger partial charge in [0, 0.05) is 10.9 Å². The molecule has 0 aliphatic carbocycles. The van der Waals surface area contributed by atoms with Gasteiger partial charge in [-0.1, -0.05) is 30.3 Å². The second kappa shape index (κ2) is 6.83. The number of nitrogens with one attached hydrogen (secondary N) is 2. The Kier molecular flexibility index (Phi) is 4.02. The van der Waals surface area contributed by atoms with Crippen LogP contribution in [0.2, 0.25) is 0 Å². The van der Waals surface area contributed by atoms with Crippen molar-refractivity contribution in [3.05, 3.63) is 78.6 Å². The van der Waals surface area contributed by atoms with E-state index in [0.29, 0.717) is 22.8 Å². The van der Waals surface area contributed by atoms with Crippen LogP contribution in [0.25, 0.3) is 33.4 Å². The molecule has 0 radical (unpaired) electrons. The van der Waals surface area contributed by atoms with E-state index in [0.717, 1.165) is 22.0 Å². The van der Waals surface area contributed by atoms with Crippen molar-refractivity contribution in [2.24, 2.45) is 0 Å². The van der Waals surface area contributed by atoms with E-state index in [1.165, 1.54) is 0 Å². The monoisotopic (exact) mass is 383 g/mol. The molecule has 2 N–H and O–H groups in total. The highest BCUT2D eigenvalue weighted by Crippen LogP contribution is 2.31. The first-order valence-electron chi connectivity index (χ1n) is 9.14. The summed E-state index contributed by atoms with van der Waals surface area (Å²) in [5.41, 5.74) is 3.87. The minimum absolute atomic E-state index is 0.238. The molecule has 1 amide bonds. The largest absolute Gasteiger partial charge is 0.495 e. The lowest BCUT2D eigenvalue weighted by Crippen LogP contribution is -2.11. The fourth-order valence-corrected chi connectivity index (χ4v) is 3.32. The van der Waals surface area contributed by atoms with E-state index >= 15 is 0 Å². The Morgan fingerprint density at radius 2 is 1.86 bits per heavy atom. The normalized spacial score (nSPS) is 11.1. The predicted molar refractivity (Wildman–Crippen MR) is 112 cm³/mol. The molecular weight excluding hydrogens is 366 g/mol. The van der Waals surface area contributed by atoms with Crippen LogP contribution >= 0.6 is 0 Å². The lowest BCUT2D eigenvalue weighted by molar-refractivity contribution is 0.0998. The zero-order chi connectivity index (χ0) is 19.8. The van der Waals surface area contributed by atoms with Crippen molar-refractivity contribution in [3.8, 4) is 17.1 Å². The van der Waals surface area contributed by atoms with E-state index in [1.807, 2.05) is 60.7 Å². The standard InChI is InChI=1S/C23H17N3O3/c1-28-20-11-10-15(22-24-16-7-3-4-8-17(16)25-22)12-18(20)26-23(27)21-13-14-6-2-5-9-19(14)29-21/h2-13H,1H3,(H,24,25)(H,26,27). The second-order valence-electron chi connectivity index (χ2n) is 6.62. The summed E-state index contributed by atoms with van der Waals surface area (Å²) in [4.78, 5) is 20.7. The SMILES string of the molecule is COc1ccc(-c2nc3ccccc3[nH]2)cc1NC(=O)c1cc2ccccc2o1. The Morgan fingerprint density at radius 1 is 1.03 bits per heavy atom. The number of amides is 1. The summed E-state index contributed by atoms with van der Waals surface area (Å²) in [5.74, 6) is 1.16. The van der Waals surface area contributed by atoms with Crippen molar-refractivity contribution in [1.29, 1.82) is 0 Å². The fraction of sp³-hybridized carbons (Fsp3) is 0.0435. The summed E-state index contributed by atoms with van der Waals surface area (Å²) in [5, 5.41) is 3.76. The summed E-state index contributed by atoms with van der Waals surface area (Å²) in [6, 6.07) is 22.6. The third-order valence-corrected chi connectivity index (χ3v) is 4.76. The zero-order valence-corrected chi connectivity index (χ0v) is 15.6. The first kappa shape index (κ1) is 17.1. The molecule has 0 unspecified atom stereocenters. The summed E-state index contributed by atoms with van der Waals surface area (Å²) < 4.78 is 11.1. The molecule has 5 rings (SSSR count). The topological polar surface area (TPSA) is 80.1 Å². The van der Waals surface area contributed by atoms with Gasteiger partial charge in [0.1, 0.15) is 17.2 Å². The summed E-state index contributed by atoms with van der Waals surface area (Å²) in [7, 11) is 1.56. The third kappa shape index (κ3) is 3.10. The van der Waals surface area contributed by atoms with Crippen LogP contribution in [-0.4, -0.2) is 23.0 Å². The Hall–Kier alpha value is -4.06. The maximum atomic E-state index is 12.8. The maximum Gasteiger partial charge on any atom is 0.291 e. The number of fused-ring (bicyclic) bond motifs is 2. The van der Waals surface area contributed by atoms with Gasteiger partial charge in [-0.2, -0.15) is 0 Å². The quantitative estimate of drug-likeness (QED) is 0.445. The van der Waals surface area contributed by atoms with Crippen molar-refractivity contribution >= 4 is 33.6 Å². The van der Waals surface area contributed by atoms with Gasteiger partial charge in [0.25, 0.3) is 5.91 Å². The number of furan rings is 1. The molecule has 2 aromatic heterocycles. The van der Waals surface area contributed by atoms with Crippen LogP contribution in [0, 0.1) is 0 Å². The van der Waals surface area contributed by atoms with Crippen molar-refractivity contribution in [3.63, 3.8) is 0 Å². The Bertz CT molecular complexity index is 1280. The smallest absolute Gasteiger partial charge is 0.291 e. The van der Waals surface area contributed by atoms with Gasteiger partial charge in [-0.05, 0) is 42.5 Å². The van der Waals surface area contributed by atoms with Gasteiger partial charge in [-0.3, -0.25) is 4.79 Å². The minimum Gasteiger partial charge on any atom is -0.495 e. The lowest BCUT2D eigenvalue weighted by Gasteiger charge is -2.10. The van der Waals surface area contributed by atoms with Gasteiger partial charge in [0.2, 0.25) is 0 Å². The highest BCUT2D eigenvalue weighted by molar-refractivity contribution is 6.05. The van der Waals surface area contributed by atoms with Crippen LogP contribution in [0.1, 0.15) is 10.6 Å². The molecule has 0 atom stereocenters. The molecule has 3 aromatic carbocycles. The van der Waals surface area contributed by atoms with E-state index < -0.39 is 0 Å². The summed E-state index contributed by atoms with van der Waals surface area (Å²) in [6.07, 6.45) is 0. The van der Waals surface area contributed by atoms with E-state index in [-0.39, 0.29) is 11.7 Å². The molecule has 0 saturated heterocycles. The molecule has 0 fully saturated rings. The number of hydrogen-bond acceptors (Lipinski definition) is 4. The van der Waals surface area contributed by atoms with E-state index in [2.05, 4.69) is 15.3 Å². The molecule has 29 heavy (non-hydrogen) atoms. The molecule has 2 heterocycles. The van der Waals surface area contributed by atoms with Crippen LogP contribution in [0.3, 0.4) is 0 Å². The molecule has 0 aliphatic heterocycles. The van der Waals surface area contributed by atoms with Crippen LogP contribution in [0.5, 0.6) is 5.75 Å². The molecule has 142 valence electrons. The number of carbonyl (C=O) groups is 1. The minimum atomic E-state index is -0.346. The number of benzene rings is 3. The van der Waals surface area contributed by atoms with Gasteiger partial charge in [0.15, 0.2) is 5.76 Å². The molecule has 0 saturated carbocycles. The number of anilines is 1. The number of carbonyl (C=O) groups excluding carboxylic acids is 1. The number of ether oxygens (including phenoxy) is 1. The number of imidazole rings is 1. The highest BCUT2D eigenvalue weighted by Gasteiger charge is 2.16. The molecule has 5 aromatic rings. The number of rotatable bonds is 4. The number of para-hydroxylation sites is 3. The van der Waals surface area contributed by atoms with Gasteiger partial charge >= 0.3 is 0 Å². The average molecular weight is 383 g/mol. The summed E-state index contributed by atoms with van der Waals surface area (Å²) in [6.45, 7) is 0. The second-order valence-corrected chi connectivity index (χ2v) is 6.62. The number of methoxy groups -OCH3 is 1. The van der Waals surface area contributed by atoms with Gasteiger partial charge in [-0.15, -0.1) is 0 Å². The molecule has 0 spiro atoms. The number of hydrogen-bond donors (Lipinski definition) is 2. The first-order chi connectivity index (χ1) is 14.2.